The molecular weight excluding hydrogens is 398 g/mol. The molecule has 0 amide bonds. The average Bonchev–Trinajstić information content (AvgIpc) is 3.06. The summed E-state index contributed by atoms with van der Waals surface area (Å²) in [6, 6.07) is 6.09. The van der Waals surface area contributed by atoms with Crippen molar-refractivity contribution >= 4 is 15.9 Å². The van der Waals surface area contributed by atoms with Gasteiger partial charge in [0.25, 0.3) is 5.89 Å². The molecule has 0 spiro atoms. The van der Waals surface area contributed by atoms with Crippen molar-refractivity contribution in [1.82, 2.24) is 34.5 Å². The molecule has 0 saturated heterocycles. The molecule has 0 unspecified atom stereocenters. The molecule has 8 nitrogen and oxygen atoms in total. The highest BCUT2D eigenvalue weighted by atomic mass is 79.9. The van der Waals surface area contributed by atoms with Crippen LogP contribution in [0.4, 0.5) is 0 Å². The lowest BCUT2D eigenvalue weighted by Crippen LogP contribution is -2.03. The fourth-order valence-electron chi connectivity index (χ4n) is 3.39. The maximum absolute atomic E-state index is 5.51. The van der Waals surface area contributed by atoms with Crippen LogP contribution in [0, 0.1) is 0 Å². The molecular formula is C17H12BrN7O. The van der Waals surface area contributed by atoms with Crippen LogP contribution >= 0.6 is 15.9 Å². The average molecular weight is 410 g/mol. The first-order valence-electron chi connectivity index (χ1n) is 8.36. The third kappa shape index (κ3) is 2.03. The van der Waals surface area contributed by atoms with Crippen molar-refractivity contribution in [1.29, 1.82) is 0 Å². The van der Waals surface area contributed by atoms with Gasteiger partial charge in [0, 0.05) is 16.0 Å². The quantitative estimate of drug-likeness (QED) is 0.444. The highest BCUT2D eigenvalue weighted by molar-refractivity contribution is 9.10. The van der Waals surface area contributed by atoms with E-state index in [9.17, 15) is 0 Å². The summed E-state index contributed by atoms with van der Waals surface area (Å²) in [4.78, 5) is 9.15. The molecule has 0 atom stereocenters. The predicted molar refractivity (Wildman–Crippen MR) is 94.6 cm³/mol. The Balaban J connectivity index is 1.57. The number of fused-ring (bicyclic) bond motifs is 5. The molecule has 2 aliphatic rings. The van der Waals surface area contributed by atoms with E-state index < -0.39 is 0 Å². The summed E-state index contributed by atoms with van der Waals surface area (Å²) < 4.78 is 10.6. The highest BCUT2D eigenvalue weighted by Gasteiger charge is 2.31. The first kappa shape index (κ1) is 14.4. The van der Waals surface area contributed by atoms with Gasteiger partial charge in [-0.25, -0.2) is 4.98 Å². The Morgan fingerprint density at radius 2 is 2.12 bits per heavy atom. The van der Waals surface area contributed by atoms with Crippen LogP contribution in [0.5, 0.6) is 0 Å². The maximum atomic E-state index is 5.51. The normalized spacial score (nSPS) is 15.3. The van der Waals surface area contributed by atoms with Crippen molar-refractivity contribution in [3.8, 4) is 28.7 Å². The molecule has 6 rings (SSSR count). The number of hydrogen-bond acceptors (Lipinski definition) is 6. The van der Waals surface area contributed by atoms with Gasteiger partial charge in [0.1, 0.15) is 12.7 Å². The Morgan fingerprint density at radius 1 is 1.19 bits per heavy atom. The molecule has 0 bridgehead atoms. The summed E-state index contributed by atoms with van der Waals surface area (Å²) in [5, 5.41) is 12.5. The molecule has 0 radical (unpaired) electrons. The maximum Gasteiger partial charge on any atom is 0.278 e. The van der Waals surface area contributed by atoms with E-state index in [1.807, 2.05) is 22.8 Å². The van der Waals surface area contributed by atoms with Gasteiger partial charge in [-0.3, -0.25) is 4.57 Å². The Kier molecular flexibility index (Phi) is 2.82. The summed E-state index contributed by atoms with van der Waals surface area (Å²) in [6.45, 7) is 0.575. The molecule has 1 aliphatic carbocycles. The van der Waals surface area contributed by atoms with Gasteiger partial charge in [0.2, 0.25) is 0 Å². The van der Waals surface area contributed by atoms with E-state index in [2.05, 4.69) is 45.8 Å². The molecule has 128 valence electrons. The van der Waals surface area contributed by atoms with Gasteiger partial charge in [-0.05, 0) is 31.0 Å². The monoisotopic (exact) mass is 409 g/mol. The van der Waals surface area contributed by atoms with Gasteiger partial charge < -0.3 is 9.09 Å². The fraction of sp³-hybridized carbons (Fsp3) is 0.235. The second kappa shape index (κ2) is 5.10. The summed E-state index contributed by atoms with van der Waals surface area (Å²) in [7, 11) is 0. The first-order valence-corrected chi connectivity index (χ1v) is 9.15. The van der Waals surface area contributed by atoms with E-state index in [-0.39, 0.29) is 0 Å². The van der Waals surface area contributed by atoms with Crippen LogP contribution < -0.4 is 0 Å². The van der Waals surface area contributed by atoms with Gasteiger partial charge >= 0.3 is 0 Å². The zero-order valence-corrected chi connectivity index (χ0v) is 15.1. The van der Waals surface area contributed by atoms with Crippen LogP contribution in [-0.4, -0.2) is 34.5 Å². The number of rotatable bonds is 2. The van der Waals surface area contributed by atoms with Gasteiger partial charge in [0.05, 0.1) is 17.9 Å². The first-order chi connectivity index (χ1) is 12.8. The Bertz CT molecular complexity index is 1150. The van der Waals surface area contributed by atoms with Crippen molar-refractivity contribution in [2.45, 2.75) is 25.3 Å². The Morgan fingerprint density at radius 3 is 3.00 bits per heavy atom. The molecule has 9 heteroatoms. The number of imidazole rings is 1. The van der Waals surface area contributed by atoms with Gasteiger partial charge in [-0.1, -0.05) is 21.1 Å². The fourth-order valence-corrected chi connectivity index (χ4v) is 3.75. The van der Waals surface area contributed by atoms with Crippen LogP contribution in [0.2, 0.25) is 0 Å². The van der Waals surface area contributed by atoms with Crippen molar-refractivity contribution in [3.05, 3.63) is 46.8 Å². The van der Waals surface area contributed by atoms with E-state index in [0.29, 0.717) is 24.0 Å². The summed E-state index contributed by atoms with van der Waals surface area (Å²) in [6.07, 6.45) is 5.80. The third-order valence-electron chi connectivity index (χ3n) is 4.85. The van der Waals surface area contributed by atoms with E-state index in [1.165, 1.54) is 0 Å². The van der Waals surface area contributed by atoms with Crippen LogP contribution in [0.1, 0.15) is 30.3 Å². The van der Waals surface area contributed by atoms with Crippen LogP contribution in [0.3, 0.4) is 0 Å². The topological polar surface area (TPSA) is 87.4 Å². The van der Waals surface area contributed by atoms with Gasteiger partial charge in [-0.15, -0.1) is 10.2 Å². The number of nitrogens with zero attached hydrogens (tertiary/aromatic N) is 7. The minimum atomic E-state index is 0.441. The van der Waals surface area contributed by atoms with Gasteiger partial charge in [-0.2, -0.15) is 4.98 Å². The molecule has 1 aliphatic heterocycles. The molecule has 1 aromatic carbocycles. The lowest BCUT2D eigenvalue weighted by Gasteiger charge is -2.08. The summed E-state index contributed by atoms with van der Waals surface area (Å²) in [5.41, 5.74) is 3.66. The number of benzene rings is 1. The molecule has 1 saturated carbocycles. The molecule has 26 heavy (non-hydrogen) atoms. The second-order valence-electron chi connectivity index (χ2n) is 6.59. The lowest BCUT2D eigenvalue weighted by molar-refractivity contribution is 0.421. The predicted octanol–water partition coefficient (Wildman–Crippen LogP) is 3.18. The largest absolute Gasteiger partial charge is 0.332 e. The number of hydrogen-bond donors (Lipinski definition) is 0. The zero-order valence-electron chi connectivity index (χ0n) is 13.5. The minimum Gasteiger partial charge on any atom is -0.332 e. The lowest BCUT2D eigenvalue weighted by atomic mass is 10.1. The van der Waals surface area contributed by atoms with Crippen LogP contribution in [-0.2, 0) is 6.54 Å². The molecule has 4 heterocycles. The van der Waals surface area contributed by atoms with E-state index >= 15 is 0 Å². The Hall–Kier alpha value is -2.81. The highest BCUT2D eigenvalue weighted by Crippen LogP contribution is 2.40. The Labute approximate surface area is 156 Å². The summed E-state index contributed by atoms with van der Waals surface area (Å²) in [5.74, 6) is 2.51. The third-order valence-corrected chi connectivity index (χ3v) is 5.34. The van der Waals surface area contributed by atoms with Crippen molar-refractivity contribution < 1.29 is 4.52 Å². The van der Waals surface area contributed by atoms with Crippen molar-refractivity contribution in [2.24, 2.45) is 0 Å². The van der Waals surface area contributed by atoms with E-state index in [0.717, 1.165) is 45.9 Å². The smallest absolute Gasteiger partial charge is 0.278 e. The molecule has 4 aromatic rings. The van der Waals surface area contributed by atoms with Crippen LogP contribution in [0.15, 0.2) is 39.8 Å². The minimum absolute atomic E-state index is 0.441. The van der Waals surface area contributed by atoms with Crippen LogP contribution in [0.25, 0.3) is 28.7 Å². The second-order valence-corrected chi connectivity index (χ2v) is 7.50. The number of halogens is 1. The standard InChI is InChI=1S/C17H12BrN7O/c18-10-3-4-12-11(5-10)16-22-20-8-24(16)6-13-14(19-7-25(12)13)17-21-15(23-26-17)9-1-2-9/h3-5,7-9H,1-2,6H2. The summed E-state index contributed by atoms with van der Waals surface area (Å²) >= 11 is 3.54. The zero-order chi connectivity index (χ0) is 17.3. The van der Waals surface area contributed by atoms with E-state index in [4.69, 9.17) is 4.52 Å². The molecule has 0 N–H and O–H groups in total. The molecule has 3 aromatic heterocycles. The SMILES string of the molecule is Brc1ccc2c(c1)-c1nncn1Cc1c(-c3nc(C4CC4)no3)ncn1-2. The van der Waals surface area contributed by atoms with Crippen molar-refractivity contribution in [3.63, 3.8) is 0 Å². The molecule has 1 fully saturated rings. The van der Waals surface area contributed by atoms with Crippen molar-refractivity contribution in [2.75, 3.05) is 0 Å². The van der Waals surface area contributed by atoms with E-state index in [1.54, 1.807) is 12.7 Å². The number of aromatic nitrogens is 7. The van der Waals surface area contributed by atoms with Gasteiger partial charge in [0.15, 0.2) is 17.3 Å².